The highest BCUT2D eigenvalue weighted by Crippen LogP contribution is 2.30. The van der Waals surface area contributed by atoms with E-state index in [1.165, 1.54) is 25.3 Å². The summed E-state index contributed by atoms with van der Waals surface area (Å²) in [6.07, 6.45) is 2.61. The Labute approximate surface area is 131 Å². The fraction of sp³-hybridized carbons (Fsp3) is 0.0625. The number of hydrogen-bond acceptors (Lipinski definition) is 4. The monoisotopic (exact) mass is 322 g/mol. The lowest BCUT2D eigenvalue weighted by Gasteiger charge is -2.04. The smallest absolute Gasteiger partial charge is 0.189 e. The van der Waals surface area contributed by atoms with E-state index in [0.29, 0.717) is 5.56 Å². The standard InChI is InChI=1S/C16H12ClFO4/c1-22-15-6-9(3-5-14(15)20)2-4-13(19)11-7-10(18)8-12(17)16(11)21/h2-8,20-21H,1H3. The van der Waals surface area contributed by atoms with Crippen LogP contribution in [0.15, 0.2) is 36.4 Å². The maximum absolute atomic E-state index is 13.3. The van der Waals surface area contributed by atoms with Crippen molar-refractivity contribution in [2.75, 3.05) is 7.11 Å². The number of carbonyl (C=O) groups excluding carboxylic acids is 1. The van der Waals surface area contributed by atoms with Crippen molar-refractivity contribution in [3.05, 3.63) is 58.4 Å². The second-order valence-corrected chi connectivity index (χ2v) is 4.82. The summed E-state index contributed by atoms with van der Waals surface area (Å²) in [4.78, 5) is 12.0. The van der Waals surface area contributed by atoms with Crippen molar-refractivity contribution >= 4 is 23.5 Å². The number of halogens is 2. The molecule has 2 N–H and O–H groups in total. The van der Waals surface area contributed by atoms with Gasteiger partial charge in [0.25, 0.3) is 0 Å². The molecular weight excluding hydrogens is 311 g/mol. The van der Waals surface area contributed by atoms with Gasteiger partial charge in [-0.05, 0) is 35.9 Å². The van der Waals surface area contributed by atoms with Gasteiger partial charge in [-0.3, -0.25) is 4.79 Å². The van der Waals surface area contributed by atoms with Crippen LogP contribution in [-0.2, 0) is 0 Å². The molecule has 2 aromatic rings. The van der Waals surface area contributed by atoms with Crippen molar-refractivity contribution in [2.45, 2.75) is 0 Å². The van der Waals surface area contributed by atoms with Gasteiger partial charge in [-0.25, -0.2) is 4.39 Å². The Bertz CT molecular complexity index is 756. The fourth-order valence-electron chi connectivity index (χ4n) is 1.81. The maximum Gasteiger partial charge on any atom is 0.189 e. The second kappa shape index (κ2) is 6.49. The summed E-state index contributed by atoms with van der Waals surface area (Å²) >= 11 is 5.63. The van der Waals surface area contributed by atoms with Gasteiger partial charge >= 0.3 is 0 Å². The fourth-order valence-corrected chi connectivity index (χ4v) is 2.02. The van der Waals surface area contributed by atoms with E-state index in [-0.39, 0.29) is 22.1 Å². The molecule has 0 unspecified atom stereocenters. The average molecular weight is 323 g/mol. The first kappa shape index (κ1) is 15.9. The molecule has 0 saturated heterocycles. The van der Waals surface area contributed by atoms with Crippen LogP contribution in [0.2, 0.25) is 5.02 Å². The number of allylic oxidation sites excluding steroid dienone is 1. The van der Waals surface area contributed by atoms with Gasteiger partial charge in [0.05, 0.1) is 17.7 Å². The maximum atomic E-state index is 13.3. The Kier molecular flexibility index (Phi) is 4.68. The third-order valence-electron chi connectivity index (χ3n) is 2.92. The summed E-state index contributed by atoms with van der Waals surface area (Å²) in [6, 6.07) is 6.34. The number of ketones is 1. The van der Waals surface area contributed by atoms with Gasteiger partial charge in [0.15, 0.2) is 17.3 Å². The van der Waals surface area contributed by atoms with Crippen LogP contribution in [0.25, 0.3) is 6.08 Å². The SMILES string of the molecule is COc1cc(C=CC(=O)c2cc(F)cc(Cl)c2O)ccc1O. The lowest BCUT2D eigenvalue weighted by molar-refractivity contribution is 0.104. The van der Waals surface area contributed by atoms with Crippen molar-refractivity contribution < 1.29 is 24.1 Å². The van der Waals surface area contributed by atoms with E-state index in [4.69, 9.17) is 16.3 Å². The van der Waals surface area contributed by atoms with Gasteiger partial charge in [0.2, 0.25) is 0 Å². The Balaban J connectivity index is 2.29. The van der Waals surface area contributed by atoms with Crippen LogP contribution >= 0.6 is 11.6 Å². The van der Waals surface area contributed by atoms with Crippen LogP contribution in [0.5, 0.6) is 17.2 Å². The van der Waals surface area contributed by atoms with Gasteiger partial charge < -0.3 is 14.9 Å². The molecule has 2 rings (SSSR count). The number of ether oxygens (including phenoxy) is 1. The molecule has 0 radical (unpaired) electrons. The average Bonchev–Trinajstić information content (AvgIpc) is 2.49. The van der Waals surface area contributed by atoms with Gasteiger partial charge in [-0.15, -0.1) is 0 Å². The molecule has 22 heavy (non-hydrogen) atoms. The van der Waals surface area contributed by atoms with Crippen molar-refractivity contribution in [3.63, 3.8) is 0 Å². The van der Waals surface area contributed by atoms with Crippen LogP contribution in [0.1, 0.15) is 15.9 Å². The third kappa shape index (κ3) is 3.38. The zero-order chi connectivity index (χ0) is 16.3. The summed E-state index contributed by atoms with van der Waals surface area (Å²) < 4.78 is 18.2. The molecule has 0 saturated carbocycles. The molecule has 0 heterocycles. The molecule has 6 heteroatoms. The van der Waals surface area contributed by atoms with E-state index in [2.05, 4.69) is 0 Å². The van der Waals surface area contributed by atoms with E-state index in [1.807, 2.05) is 0 Å². The number of rotatable bonds is 4. The Morgan fingerprint density at radius 2 is 2.00 bits per heavy atom. The lowest BCUT2D eigenvalue weighted by Crippen LogP contribution is -1.96. The van der Waals surface area contributed by atoms with E-state index in [0.717, 1.165) is 18.2 Å². The number of aromatic hydroxyl groups is 2. The quantitative estimate of drug-likeness (QED) is 0.664. The first-order valence-corrected chi connectivity index (χ1v) is 6.57. The number of phenols is 2. The van der Waals surface area contributed by atoms with Gasteiger partial charge in [0, 0.05) is 0 Å². The summed E-state index contributed by atoms with van der Waals surface area (Å²) in [7, 11) is 1.40. The molecule has 0 bridgehead atoms. The van der Waals surface area contributed by atoms with E-state index in [1.54, 1.807) is 6.07 Å². The molecule has 0 aromatic heterocycles. The number of phenolic OH excluding ortho intramolecular Hbond substituents is 2. The minimum Gasteiger partial charge on any atom is -0.506 e. The van der Waals surface area contributed by atoms with Gasteiger partial charge in [0.1, 0.15) is 11.6 Å². The minimum atomic E-state index is -0.717. The number of hydrogen-bond donors (Lipinski definition) is 2. The van der Waals surface area contributed by atoms with Crippen LogP contribution in [0.3, 0.4) is 0 Å². The van der Waals surface area contributed by atoms with Gasteiger partial charge in [-0.1, -0.05) is 23.7 Å². The first-order valence-electron chi connectivity index (χ1n) is 6.20. The van der Waals surface area contributed by atoms with Crippen LogP contribution in [0, 0.1) is 5.82 Å². The van der Waals surface area contributed by atoms with Crippen molar-refractivity contribution in [1.82, 2.24) is 0 Å². The number of carbonyl (C=O) groups is 1. The van der Waals surface area contributed by atoms with E-state index < -0.39 is 17.3 Å². The normalized spacial score (nSPS) is 10.9. The zero-order valence-electron chi connectivity index (χ0n) is 11.5. The zero-order valence-corrected chi connectivity index (χ0v) is 12.3. The minimum absolute atomic E-state index is 0.0273. The van der Waals surface area contributed by atoms with Crippen LogP contribution in [0.4, 0.5) is 4.39 Å². The molecule has 114 valence electrons. The van der Waals surface area contributed by atoms with Crippen molar-refractivity contribution in [2.24, 2.45) is 0 Å². The molecule has 0 fully saturated rings. The molecule has 0 spiro atoms. The van der Waals surface area contributed by atoms with E-state index in [9.17, 15) is 19.4 Å². The second-order valence-electron chi connectivity index (χ2n) is 4.41. The predicted octanol–water partition coefficient (Wildman–Crippen LogP) is 3.80. The summed E-state index contributed by atoms with van der Waals surface area (Å²) in [6.45, 7) is 0. The topological polar surface area (TPSA) is 66.8 Å². The van der Waals surface area contributed by atoms with Crippen LogP contribution in [-0.4, -0.2) is 23.1 Å². The highest BCUT2D eigenvalue weighted by molar-refractivity contribution is 6.32. The summed E-state index contributed by atoms with van der Waals surface area (Å²) in [5.41, 5.74) is 0.358. The summed E-state index contributed by atoms with van der Waals surface area (Å²) in [5, 5.41) is 19.0. The van der Waals surface area contributed by atoms with E-state index >= 15 is 0 Å². The molecular formula is C16H12ClFO4. The molecule has 0 atom stereocenters. The lowest BCUT2D eigenvalue weighted by atomic mass is 10.1. The number of methoxy groups -OCH3 is 1. The summed E-state index contributed by atoms with van der Waals surface area (Å²) in [5.74, 6) is -1.57. The Morgan fingerprint density at radius 1 is 1.27 bits per heavy atom. The van der Waals surface area contributed by atoms with Crippen LogP contribution < -0.4 is 4.74 Å². The molecule has 0 aliphatic heterocycles. The molecule has 0 amide bonds. The number of benzene rings is 2. The third-order valence-corrected chi connectivity index (χ3v) is 3.21. The Morgan fingerprint density at radius 3 is 2.68 bits per heavy atom. The molecule has 2 aromatic carbocycles. The molecule has 4 nitrogen and oxygen atoms in total. The highest BCUT2D eigenvalue weighted by Gasteiger charge is 2.13. The van der Waals surface area contributed by atoms with Crippen molar-refractivity contribution in [3.8, 4) is 17.2 Å². The molecule has 0 aliphatic carbocycles. The first-order chi connectivity index (χ1) is 10.4. The molecule has 0 aliphatic rings. The van der Waals surface area contributed by atoms with Crippen molar-refractivity contribution in [1.29, 1.82) is 0 Å². The largest absolute Gasteiger partial charge is 0.506 e. The van der Waals surface area contributed by atoms with Gasteiger partial charge in [-0.2, -0.15) is 0 Å². The Hall–Kier alpha value is -2.53. The highest BCUT2D eigenvalue weighted by atomic mass is 35.5. The predicted molar refractivity (Wildman–Crippen MR) is 81.1 cm³/mol.